The standard InChI is InChI=1S/C16H12BrN5OS/c1-2-24-16-19-15-18-9-12-13(22(15)20-16)7-8-21(14(12)23)11-5-3-10(17)4-6-11/h3-9H,2H2,1H3. The molecule has 0 bridgehead atoms. The molecule has 3 aromatic heterocycles. The largest absolute Gasteiger partial charge is 0.284 e. The lowest BCUT2D eigenvalue weighted by Crippen LogP contribution is -2.18. The minimum absolute atomic E-state index is 0.135. The second-order valence-electron chi connectivity index (χ2n) is 5.06. The van der Waals surface area contributed by atoms with Gasteiger partial charge in [-0.05, 0) is 36.1 Å². The van der Waals surface area contributed by atoms with Crippen LogP contribution >= 0.6 is 27.7 Å². The summed E-state index contributed by atoms with van der Waals surface area (Å²) in [5, 5.41) is 5.60. The number of halogens is 1. The maximum atomic E-state index is 12.8. The van der Waals surface area contributed by atoms with Gasteiger partial charge in [0.2, 0.25) is 5.16 Å². The molecule has 4 aromatic rings. The van der Waals surface area contributed by atoms with Gasteiger partial charge >= 0.3 is 0 Å². The van der Waals surface area contributed by atoms with Crippen molar-refractivity contribution in [3.63, 3.8) is 0 Å². The van der Waals surface area contributed by atoms with E-state index in [-0.39, 0.29) is 5.56 Å². The van der Waals surface area contributed by atoms with Gasteiger partial charge in [0.05, 0.1) is 10.9 Å². The van der Waals surface area contributed by atoms with Crippen molar-refractivity contribution in [1.29, 1.82) is 0 Å². The summed E-state index contributed by atoms with van der Waals surface area (Å²) in [5.74, 6) is 1.38. The molecule has 24 heavy (non-hydrogen) atoms. The van der Waals surface area contributed by atoms with Gasteiger partial charge in [0.25, 0.3) is 11.3 Å². The molecule has 0 aliphatic rings. The topological polar surface area (TPSA) is 65.1 Å². The van der Waals surface area contributed by atoms with Gasteiger partial charge in [-0.2, -0.15) is 9.50 Å². The highest BCUT2D eigenvalue weighted by atomic mass is 79.9. The number of rotatable bonds is 3. The highest BCUT2D eigenvalue weighted by Crippen LogP contribution is 2.18. The molecule has 0 saturated heterocycles. The summed E-state index contributed by atoms with van der Waals surface area (Å²) in [6.45, 7) is 2.04. The first-order chi connectivity index (χ1) is 11.7. The Balaban J connectivity index is 1.94. The Morgan fingerprint density at radius 1 is 1.21 bits per heavy atom. The van der Waals surface area contributed by atoms with E-state index < -0.39 is 0 Å². The number of hydrogen-bond acceptors (Lipinski definition) is 5. The fraction of sp³-hybridized carbons (Fsp3) is 0.125. The second kappa shape index (κ2) is 6.03. The fourth-order valence-electron chi connectivity index (χ4n) is 2.50. The van der Waals surface area contributed by atoms with E-state index in [1.54, 1.807) is 33.2 Å². The summed E-state index contributed by atoms with van der Waals surface area (Å²) < 4.78 is 4.19. The molecule has 0 fully saturated rings. The molecule has 0 spiro atoms. The zero-order valence-electron chi connectivity index (χ0n) is 12.7. The van der Waals surface area contributed by atoms with Crippen molar-refractivity contribution in [3.05, 3.63) is 57.6 Å². The van der Waals surface area contributed by atoms with E-state index in [1.165, 1.54) is 0 Å². The van der Waals surface area contributed by atoms with Gasteiger partial charge in [-0.15, -0.1) is 5.10 Å². The molecule has 0 radical (unpaired) electrons. The van der Waals surface area contributed by atoms with Crippen LogP contribution in [-0.4, -0.2) is 29.9 Å². The average Bonchev–Trinajstić information content (AvgIpc) is 2.99. The maximum Gasteiger partial charge on any atom is 0.266 e. The third-order valence-corrected chi connectivity index (χ3v) is 4.84. The Morgan fingerprint density at radius 2 is 2.00 bits per heavy atom. The summed E-state index contributed by atoms with van der Waals surface area (Å²) in [4.78, 5) is 21.5. The number of aromatic nitrogens is 5. The van der Waals surface area contributed by atoms with E-state index in [9.17, 15) is 4.79 Å². The summed E-state index contributed by atoms with van der Waals surface area (Å²) in [6, 6.07) is 9.43. The van der Waals surface area contributed by atoms with Crippen molar-refractivity contribution in [1.82, 2.24) is 24.1 Å². The second-order valence-corrected chi connectivity index (χ2v) is 7.21. The van der Waals surface area contributed by atoms with E-state index >= 15 is 0 Å². The Labute approximate surface area is 149 Å². The molecule has 8 heteroatoms. The quantitative estimate of drug-likeness (QED) is 0.492. The first-order valence-corrected chi connectivity index (χ1v) is 9.11. The summed E-state index contributed by atoms with van der Waals surface area (Å²) in [5.41, 5.74) is 1.37. The Hall–Kier alpha value is -2.19. The predicted octanol–water partition coefficient (Wildman–Crippen LogP) is 3.30. The summed E-state index contributed by atoms with van der Waals surface area (Å²) in [7, 11) is 0. The molecule has 120 valence electrons. The van der Waals surface area contributed by atoms with Crippen LogP contribution in [-0.2, 0) is 0 Å². The molecule has 0 amide bonds. The average molecular weight is 402 g/mol. The van der Waals surface area contributed by atoms with E-state index in [4.69, 9.17) is 0 Å². The summed E-state index contributed by atoms with van der Waals surface area (Å²) in [6.07, 6.45) is 3.32. The van der Waals surface area contributed by atoms with Crippen molar-refractivity contribution in [3.8, 4) is 5.69 Å². The molecule has 0 saturated carbocycles. The van der Waals surface area contributed by atoms with E-state index in [0.717, 1.165) is 15.9 Å². The van der Waals surface area contributed by atoms with Crippen LogP contribution in [0.3, 0.4) is 0 Å². The lowest BCUT2D eigenvalue weighted by Gasteiger charge is -2.07. The number of benzene rings is 1. The van der Waals surface area contributed by atoms with Gasteiger partial charge < -0.3 is 0 Å². The van der Waals surface area contributed by atoms with Crippen molar-refractivity contribution in [2.75, 3.05) is 5.75 Å². The van der Waals surface area contributed by atoms with E-state index in [0.29, 0.717) is 21.8 Å². The van der Waals surface area contributed by atoms with Crippen molar-refractivity contribution in [2.24, 2.45) is 0 Å². The first kappa shape index (κ1) is 15.3. The molecule has 0 aliphatic heterocycles. The van der Waals surface area contributed by atoms with Gasteiger partial charge in [-0.1, -0.05) is 34.6 Å². The van der Waals surface area contributed by atoms with Crippen LogP contribution in [0, 0.1) is 0 Å². The number of fused-ring (bicyclic) bond motifs is 3. The van der Waals surface area contributed by atoms with Crippen LogP contribution in [0.1, 0.15) is 6.92 Å². The summed E-state index contributed by atoms with van der Waals surface area (Å²) >= 11 is 4.94. The monoisotopic (exact) mass is 401 g/mol. The van der Waals surface area contributed by atoms with Crippen LogP contribution in [0.25, 0.3) is 22.4 Å². The lowest BCUT2D eigenvalue weighted by atomic mass is 10.2. The first-order valence-electron chi connectivity index (χ1n) is 7.33. The van der Waals surface area contributed by atoms with E-state index in [2.05, 4.69) is 31.0 Å². The van der Waals surface area contributed by atoms with Gasteiger partial charge in [0, 0.05) is 22.6 Å². The number of hydrogen-bond donors (Lipinski definition) is 0. The molecule has 0 aliphatic carbocycles. The molecule has 4 rings (SSSR count). The van der Waals surface area contributed by atoms with Crippen molar-refractivity contribution >= 4 is 44.4 Å². The molecule has 0 unspecified atom stereocenters. The molecular formula is C16H12BrN5OS. The van der Waals surface area contributed by atoms with Gasteiger partial charge in [-0.25, -0.2) is 4.98 Å². The number of nitrogens with zero attached hydrogens (tertiary/aromatic N) is 5. The zero-order valence-corrected chi connectivity index (χ0v) is 15.1. The Bertz CT molecular complexity index is 1100. The number of thioether (sulfide) groups is 1. The number of pyridine rings is 1. The van der Waals surface area contributed by atoms with Crippen LogP contribution in [0.2, 0.25) is 0 Å². The molecule has 6 nitrogen and oxygen atoms in total. The van der Waals surface area contributed by atoms with E-state index in [1.807, 2.05) is 37.3 Å². The highest BCUT2D eigenvalue weighted by molar-refractivity contribution is 9.10. The van der Waals surface area contributed by atoms with Crippen molar-refractivity contribution in [2.45, 2.75) is 12.1 Å². The SMILES string of the molecule is CCSc1nc2ncc3c(=O)n(-c4ccc(Br)cc4)ccc3n2n1. The third kappa shape index (κ3) is 2.51. The maximum absolute atomic E-state index is 12.8. The third-order valence-electron chi connectivity index (χ3n) is 3.59. The minimum atomic E-state index is -0.135. The van der Waals surface area contributed by atoms with Gasteiger partial charge in [-0.3, -0.25) is 9.36 Å². The Morgan fingerprint density at radius 3 is 2.75 bits per heavy atom. The van der Waals surface area contributed by atoms with Crippen molar-refractivity contribution < 1.29 is 0 Å². The van der Waals surface area contributed by atoms with Gasteiger partial charge in [0.15, 0.2) is 0 Å². The molecular weight excluding hydrogens is 390 g/mol. The Kier molecular flexibility index (Phi) is 3.85. The molecule has 1 aromatic carbocycles. The molecule has 0 N–H and O–H groups in total. The van der Waals surface area contributed by atoms with Crippen LogP contribution in [0.4, 0.5) is 0 Å². The van der Waals surface area contributed by atoms with Crippen LogP contribution in [0.5, 0.6) is 0 Å². The molecule has 0 atom stereocenters. The predicted molar refractivity (Wildman–Crippen MR) is 98.0 cm³/mol. The smallest absolute Gasteiger partial charge is 0.266 e. The highest BCUT2D eigenvalue weighted by Gasteiger charge is 2.12. The van der Waals surface area contributed by atoms with Crippen LogP contribution < -0.4 is 5.56 Å². The zero-order chi connectivity index (χ0) is 16.7. The normalized spacial score (nSPS) is 11.4. The fourth-order valence-corrected chi connectivity index (χ4v) is 3.30. The van der Waals surface area contributed by atoms with Gasteiger partial charge in [0.1, 0.15) is 0 Å². The lowest BCUT2D eigenvalue weighted by molar-refractivity contribution is 0.903. The van der Waals surface area contributed by atoms with Crippen LogP contribution in [0.15, 0.2) is 57.1 Å². The minimum Gasteiger partial charge on any atom is -0.284 e. The molecule has 3 heterocycles.